The van der Waals surface area contributed by atoms with Gasteiger partial charge in [0, 0.05) is 23.8 Å². The SMILES string of the molecule is NC(=O)c1cnc2[nH]ccc2c1NC1CCCCC1.NC=O. The summed E-state index contributed by atoms with van der Waals surface area (Å²) in [6.07, 6.45) is 9.70. The first-order valence-corrected chi connectivity index (χ1v) is 7.35. The Bertz CT molecular complexity index is 646. The van der Waals surface area contributed by atoms with Crippen LogP contribution in [0, 0.1) is 0 Å². The summed E-state index contributed by atoms with van der Waals surface area (Å²) < 4.78 is 0. The Morgan fingerprint density at radius 2 is 2.05 bits per heavy atom. The van der Waals surface area contributed by atoms with Crippen LogP contribution in [-0.2, 0) is 4.79 Å². The van der Waals surface area contributed by atoms with Crippen LogP contribution < -0.4 is 16.8 Å². The number of primary amides is 2. The second-order valence-electron chi connectivity index (χ2n) is 5.27. The van der Waals surface area contributed by atoms with Crippen molar-refractivity contribution in [2.24, 2.45) is 11.5 Å². The molecule has 0 bridgehead atoms. The molecule has 1 aliphatic rings. The maximum absolute atomic E-state index is 11.6. The number of nitrogens with one attached hydrogen (secondary N) is 2. The Hall–Kier alpha value is -2.57. The second kappa shape index (κ2) is 7.44. The molecule has 2 aromatic heterocycles. The summed E-state index contributed by atoms with van der Waals surface area (Å²) in [6.45, 7) is 0. The van der Waals surface area contributed by atoms with Gasteiger partial charge in [-0.25, -0.2) is 4.98 Å². The summed E-state index contributed by atoms with van der Waals surface area (Å²) in [5.41, 5.74) is 11.7. The fourth-order valence-electron chi connectivity index (χ4n) is 2.80. The van der Waals surface area contributed by atoms with Gasteiger partial charge < -0.3 is 21.8 Å². The lowest BCUT2D eigenvalue weighted by Crippen LogP contribution is -2.25. The number of pyridine rings is 1. The Morgan fingerprint density at radius 1 is 1.36 bits per heavy atom. The number of anilines is 1. The lowest BCUT2D eigenvalue weighted by Gasteiger charge is -2.25. The molecule has 0 atom stereocenters. The molecular weight excluding hydrogens is 282 g/mol. The van der Waals surface area contributed by atoms with Crippen LogP contribution >= 0.6 is 0 Å². The van der Waals surface area contributed by atoms with Crippen molar-refractivity contribution in [3.05, 3.63) is 24.0 Å². The standard InChI is InChI=1S/C14H18N4O.CH3NO/c15-13(19)11-8-17-14-10(6-7-16-14)12(11)18-9-4-2-1-3-5-9;2-1-3/h6-9H,1-5H2,(H2,15,19)(H2,16,17,18);1H,(H2,2,3). The van der Waals surface area contributed by atoms with Crippen molar-refractivity contribution in [3.63, 3.8) is 0 Å². The van der Waals surface area contributed by atoms with Gasteiger partial charge in [-0.1, -0.05) is 19.3 Å². The molecule has 3 rings (SSSR count). The van der Waals surface area contributed by atoms with Crippen LogP contribution in [-0.4, -0.2) is 28.3 Å². The lowest BCUT2D eigenvalue weighted by atomic mass is 9.95. The van der Waals surface area contributed by atoms with E-state index >= 15 is 0 Å². The maximum Gasteiger partial charge on any atom is 0.252 e. The fourth-order valence-corrected chi connectivity index (χ4v) is 2.80. The van der Waals surface area contributed by atoms with E-state index in [0.29, 0.717) is 11.6 Å². The van der Waals surface area contributed by atoms with Crippen LogP contribution in [0.1, 0.15) is 42.5 Å². The third kappa shape index (κ3) is 3.55. The Kier molecular flexibility index (Phi) is 5.35. The summed E-state index contributed by atoms with van der Waals surface area (Å²) in [7, 11) is 0. The van der Waals surface area contributed by atoms with E-state index in [1.807, 2.05) is 12.3 Å². The molecule has 22 heavy (non-hydrogen) atoms. The molecule has 2 amide bonds. The summed E-state index contributed by atoms with van der Waals surface area (Å²) in [5, 5.41) is 4.43. The highest BCUT2D eigenvalue weighted by Crippen LogP contribution is 2.29. The summed E-state index contributed by atoms with van der Waals surface area (Å²) in [5.74, 6) is -0.436. The second-order valence-corrected chi connectivity index (χ2v) is 5.27. The average molecular weight is 303 g/mol. The van der Waals surface area contributed by atoms with E-state index in [2.05, 4.69) is 21.0 Å². The number of H-pyrrole nitrogens is 1. The van der Waals surface area contributed by atoms with E-state index < -0.39 is 5.91 Å². The molecule has 0 radical (unpaired) electrons. The van der Waals surface area contributed by atoms with Gasteiger partial charge in [0.25, 0.3) is 5.91 Å². The van der Waals surface area contributed by atoms with Crippen molar-refractivity contribution in [2.75, 3.05) is 5.32 Å². The van der Waals surface area contributed by atoms with E-state index in [9.17, 15) is 4.79 Å². The predicted molar refractivity (Wildman–Crippen MR) is 85.4 cm³/mol. The number of rotatable bonds is 3. The van der Waals surface area contributed by atoms with Crippen molar-refractivity contribution in [1.29, 1.82) is 0 Å². The molecule has 0 aliphatic heterocycles. The zero-order chi connectivity index (χ0) is 15.9. The molecule has 0 unspecified atom stereocenters. The van der Waals surface area contributed by atoms with Gasteiger partial charge in [0.2, 0.25) is 6.41 Å². The number of fused-ring (bicyclic) bond motifs is 1. The molecule has 1 aliphatic carbocycles. The number of nitrogens with two attached hydrogens (primary N) is 2. The molecule has 6 N–H and O–H groups in total. The van der Waals surface area contributed by atoms with Gasteiger partial charge in [-0.15, -0.1) is 0 Å². The Labute approximate surface area is 128 Å². The first-order chi connectivity index (χ1) is 10.7. The van der Waals surface area contributed by atoms with Gasteiger partial charge in [-0.2, -0.15) is 0 Å². The molecular formula is C15H21N5O2. The number of carbonyl (C=O) groups excluding carboxylic acids is 2. The largest absolute Gasteiger partial charge is 0.381 e. The predicted octanol–water partition coefficient (Wildman–Crippen LogP) is 1.51. The first kappa shape index (κ1) is 15.8. The highest BCUT2D eigenvalue weighted by atomic mass is 16.1. The number of hydrogen-bond donors (Lipinski definition) is 4. The van der Waals surface area contributed by atoms with Crippen LogP contribution in [0.2, 0.25) is 0 Å². The number of carbonyl (C=O) groups is 2. The zero-order valence-corrected chi connectivity index (χ0v) is 12.3. The molecule has 2 heterocycles. The van der Waals surface area contributed by atoms with E-state index in [0.717, 1.165) is 29.6 Å². The van der Waals surface area contributed by atoms with E-state index in [-0.39, 0.29) is 6.41 Å². The number of hydrogen-bond acceptors (Lipinski definition) is 4. The summed E-state index contributed by atoms with van der Waals surface area (Å²) in [6, 6.07) is 2.35. The van der Waals surface area contributed by atoms with Crippen molar-refractivity contribution in [3.8, 4) is 0 Å². The fraction of sp³-hybridized carbons (Fsp3) is 0.400. The third-order valence-electron chi connectivity index (χ3n) is 3.81. The lowest BCUT2D eigenvalue weighted by molar-refractivity contribution is -0.106. The maximum atomic E-state index is 11.6. The smallest absolute Gasteiger partial charge is 0.252 e. The number of aromatic amines is 1. The van der Waals surface area contributed by atoms with Crippen LogP contribution in [0.4, 0.5) is 5.69 Å². The Balaban J connectivity index is 0.000000545. The summed E-state index contributed by atoms with van der Waals surface area (Å²) >= 11 is 0. The van der Waals surface area contributed by atoms with Gasteiger partial charge in [0.15, 0.2) is 0 Å². The van der Waals surface area contributed by atoms with E-state index in [4.69, 9.17) is 10.5 Å². The summed E-state index contributed by atoms with van der Waals surface area (Å²) in [4.78, 5) is 27.4. The number of amides is 2. The average Bonchev–Trinajstić information content (AvgIpc) is 2.98. The van der Waals surface area contributed by atoms with Crippen molar-refractivity contribution in [1.82, 2.24) is 9.97 Å². The molecule has 118 valence electrons. The Morgan fingerprint density at radius 3 is 2.68 bits per heavy atom. The molecule has 0 aromatic carbocycles. The van der Waals surface area contributed by atoms with E-state index in [1.165, 1.54) is 19.3 Å². The third-order valence-corrected chi connectivity index (χ3v) is 3.81. The minimum atomic E-state index is -0.436. The van der Waals surface area contributed by atoms with Gasteiger partial charge in [-0.3, -0.25) is 9.59 Å². The van der Waals surface area contributed by atoms with Crippen molar-refractivity contribution >= 4 is 29.0 Å². The molecule has 1 saturated carbocycles. The normalized spacial score (nSPS) is 14.9. The minimum absolute atomic E-state index is 0.250. The van der Waals surface area contributed by atoms with Gasteiger partial charge in [0.1, 0.15) is 5.65 Å². The molecule has 1 fully saturated rings. The van der Waals surface area contributed by atoms with E-state index in [1.54, 1.807) is 6.20 Å². The van der Waals surface area contributed by atoms with Crippen LogP contribution in [0.3, 0.4) is 0 Å². The minimum Gasteiger partial charge on any atom is -0.381 e. The van der Waals surface area contributed by atoms with Gasteiger partial charge in [0.05, 0.1) is 11.3 Å². The van der Waals surface area contributed by atoms with Gasteiger partial charge >= 0.3 is 0 Å². The molecule has 0 spiro atoms. The topological polar surface area (TPSA) is 127 Å². The highest BCUT2D eigenvalue weighted by Gasteiger charge is 2.19. The molecule has 0 saturated heterocycles. The molecule has 7 nitrogen and oxygen atoms in total. The van der Waals surface area contributed by atoms with Crippen LogP contribution in [0.25, 0.3) is 11.0 Å². The number of aromatic nitrogens is 2. The van der Waals surface area contributed by atoms with Crippen LogP contribution in [0.5, 0.6) is 0 Å². The zero-order valence-electron chi connectivity index (χ0n) is 12.3. The quantitative estimate of drug-likeness (QED) is 0.641. The highest BCUT2D eigenvalue weighted by molar-refractivity contribution is 6.05. The molecule has 7 heteroatoms. The number of nitrogens with zero attached hydrogens (tertiary/aromatic N) is 1. The monoisotopic (exact) mass is 303 g/mol. The first-order valence-electron chi connectivity index (χ1n) is 7.35. The molecule has 2 aromatic rings. The van der Waals surface area contributed by atoms with Crippen molar-refractivity contribution < 1.29 is 9.59 Å². The van der Waals surface area contributed by atoms with Crippen LogP contribution in [0.15, 0.2) is 18.5 Å². The van der Waals surface area contributed by atoms with Crippen molar-refractivity contribution in [2.45, 2.75) is 38.1 Å². The van der Waals surface area contributed by atoms with Gasteiger partial charge in [-0.05, 0) is 18.9 Å².